The van der Waals surface area contributed by atoms with Gasteiger partial charge in [0.2, 0.25) is 5.95 Å². The van der Waals surface area contributed by atoms with Crippen molar-refractivity contribution in [1.29, 1.82) is 0 Å². The standard InChI is InChI=1S/C11H13FN4/c1-16-10(14-15-11(16)13)6-5-8-3-2-4-9(12)7-8/h2-4,7H,5-6H2,1H3,(H2,13,15). The minimum atomic E-state index is -0.213. The van der Waals surface area contributed by atoms with E-state index in [4.69, 9.17) is 5.73 Å². The predicted molar refractivity (Wildman–Crippen MR) is 59.2 cm³/mol. The highest BCUT2D eigenvalue weighted by Crippen LogP contribution is 2.08. The molecule has 0 radical (unpaired) electrons. The second kappa shape index (κ2) is 4.30. The lowest BCUT2D eigenvalue weighted by Gasteiger charge is -2.02. The Morgan fingerprint density at radius 2 is 2.12 bits per heavy atom. The van der Waals surface area contributed by atoms with Gasteiger partial charge in [0.05, 0.1) is 0 Å². The fourth-order valence-corrected chi connectivity index (χ4v) is 1.54. The lowest BCUT2D eigenvalue weighted by atomic mass is 10.1. The Kier molecular flexibility index (Phi) is 2.85. The summed E-state index contributed by atoms with van der Waals surface area (Å²) in [7, 11) is 1.82. The van der Waals surface area contributed by atoms with E-state index in [0.717, 1.165) is 17.8 Å². The van der Waals surface area contributed by atoms with Gasteiger partial charge < -0.3 is 10.3 Å². The molecule has 0 aliphatic rings. The Labute approximate surface area is 92.9 Å². The molecule has 0 amide bonds. The number of nitrogens with two attached hydrogens (primary N) is 1. The first-order valence-corrected chi connectivity index (χ1v) is 5.05. The monoisotopic (exact) mass is 220 g/mol. The molecule has 0 spiro atoms. The minimum Gasteiger partial charge on any atom is -0.368 e. The number of hydrogen-bond donors (Lipinski definition) is 1. The number of hydrogen-bond acceptors (Lipinski definition) is 3. The molecule has 0 saturated carbocycles. The van der Waals surface area contributed by atoms with Gasteiger partial charge in [-0.25, -0.2) is 4.39 Å². The maximum absolute atomic E-state index is 12.9. The lowest BCUT2D eigenvalue weighted by molar-refractivity contribution is 0.624. The quantitative estimate of drug-likeness (QED) is 0.848. The van der Waals surface area contributed by atoms with Crippen LogP contribution in [0.3, 0.4) is 0 Å². The molecule has 4 nitrogen and oxygen atoms in total. The molecule has 0 aliphatic heterocycles. The van der Waals surface area contributed by atoms with Crippen LogP contribution in [0.2, 0.25) is 0 Å². The van der Waals surface area contributed by atoms with Crippen molar-refractivity contribution >= 4 is 5.95 Å². The molecule has 1 aromatic carbocycles. The van der Waals surface area contributed by atoms with E-state index in [0.29, 0.717) is 12.4 Å². The molecule has 1 heterocycles. The van der Waals surface area contributed by atoms with Crippen LogP contribution in [-0.4, -0.2) is 14.8 Å². The average Bonchev–Trinajstić information content (AvgIpc) is 2.57. The van der Waals surface area contributed by atoms with Crippen LogP contribution >= 0.6 is 0 Å². The average molecular weight is 220 g/mol. The number of benzene rings is 1. The second-order valence-corrected chi connectivity index (χ2v) is 3.66. The molecular formula is C11H13FN4. The van der Waals surface area contributed by atoms with Gasteiger partial charge in [0.25, 0.3) is 0 Å². The maximum atomic E-state index is 12.9. The van der Waals surface area contributed by atoms with E-state index in [9.17, 15) is 4.39 Å². The van der Waals surface area contributed by atoms with Crippen LogP contribution in [0, 0.1) is 5.82 Å². The first kappa shape index (κ1) is 10.6. The Balaban J connectivity index is 2.05. The molecule has 84 valence electrons. The van der Waals surface area contributed by atoms with Crippen LogP contribution in [0.25, 0.3) is 0 Å². The molecule has 1 aromatic heterocycles. The van der Waals surface area contributed by atoms with Crippen LogP contribution in [0.4, 0.5) is 10.3 Å². The predicted octanol–water partition coefficient (Wildman–Crippen LogP) is 1.32. The number of anilines is 1. The third-order valence-electron chi connectivity index (χ3n) is 2.53. The summed E-state index contributed by atoms with van der Waals surface area (Å²) in [6.07, 6.45) is 1.42. The van der Waals surface area contributed by atoms with Gasteiger partial charge in [0.1, 0.15) is 11.6 Å². The molecule has 0 bridgehead atoms. The van der Waals surface area contributed by atoms with E-state index in [1.165, 1.54) is 12.1 Å². The molecule has 0 saturated heterocycles. The van der Waals surface area contributed by atoms with Crippen molar-refractivity contribution < 1.29 is 4.39 Å². The number of aryl methyl sites for hydroxylation is 2. The van der Waals surface area contributed by atoms with E-state index < -0.39 is 0 Å². The third-order valence-corrected chi connectivity index (χ3v) is 2.53. The summed E-state index contributed by atoms with van der Waals surface area (Å²) in [5.41, 5.74) is 6.51. The number of nitrogen functional groups attached to an aromatic ring is 1. The molecule has 0 atom stereocenters. The van der Waals surface area contributed by atoms with Gasteiger partial charge in [-0.3, -0.25) is 0 Å². The van der Waals surface area contributed by atoms with Gasteiger partial charge in [-0.15, -0.1) is 10.2 Å². The van der Waals surface area contributed by atoms with Crippen molar-refractivity contribution in [1.82, 2.24) is 14.8 Å². The van der Waals surface area contributed by atoms with Crippen molar-refractivity contribution in [3.8, 4) is 0 Å². The van der Waals surface area contributed by atoms with Crippen LogP contribution in [0.1, 0.15) is 11.4 Å². The molecule has 2 aromatic rings. The third kappa shape index (κ3) is 2.18. The molecule has 16 heavy (non-hydrogen) atoms. The molecule has 5 heteroatoms. The Bertz CT molecular complexity index is 492. The number of aromatic nitrogens is 3. The summed E-state index contributed by atoms with van der Waals surface area (Å²) in [6.45, 7) is 0. The van der Waals surface area contributed by atoms with Gasteiger partial charge in [-0.2, -0.15) is 0 Å². The van der Waals surface area contributed by atoms with Gasteiger partial charge >= 0.3 is 0 Å². The summed E-state index contributed by atoms with van der Waals surface area (Å²) in [6, 6.07) is 6.56. The van der Waals surface area contributed by atoms with Crippen LogP contribution < -0.4 is 5.73 Å². The largest absolute Gasteiger partial charge is 0.368 e. The SMILES string of the molecule is Cn1c(N)nnc1CCc1cccc(F)c1. The van der Waals surface area contributed by atoms with E-state index in [1.807, 2.05) is 13.1 Å². The smallest absolute Gasteiger partial charge is 0.221 e. The molecular weight excluding hydrogens is 207 g/mol. The Morgan fingerprint density at radius 1 is 1.31 bits per heavy atom. The second-order valence-electron chi connectivity index (χ2n) is 3.66. The van der Waals surface area contributed by atoms with Crippen molar-refractivity contribution in [3.63, 3.8) is 0 Å². The molecule has 0 aliphatic carbocycles. The van der Waals surface area contributed by atoms with Gasteiger partial charge in [0, 0.05) is 13.5 Å². The summed E-state index contributed by atoms with van der Waals surface area (Å²) >= 11 is 0. The maximum Gasteiger partial charge on any atom is 0.221 e. The van der Waals surface area contributed by atoms with E-state index in [1.54, 1.807) is 10.6 Å². The first-order chi connectivity index (χ1) is 7.66. The van der Waals surface area contributed by atoms with Gasteiger partial charge in [0.15, 0.2) is 0 Å². The van der Waals surface area contributed by atoms with Crippen molar-refractivity contribution in [2.75, 3.05) is 5.73 Å². The van der Waals surface area contributed by atoms with Gasteiger partial charge in [-0.05, 0) is 24.1 Å². The van der Waals surface area contributed by atoms with E-state index in [-0.39, 0.29) is 5.82 Å². The summed E-state index contributed by atoms with van der Waals surface area (Å²) in [5, 5.41) is 7.71. The van der Waals surface area contributed by atoms with Crippen LogP contribution in [-0.2, 0) is 19.9 Å². The van der Waals surface area contributed by atoms with Crippen molar-refractivity contribution in [2.24, 2.45) is 7.05 Å². The van der Waals surface area contributed by atoms with E-state index in [2.05, 4.69) is 10.2 Å². The fourth-order valence-electron chi connectivity index (χ4n) is 1.54. The van der Waals surface area contributed by atoms with Crippen molar-refractivity contribution in [2.45, 2.75) is 12.8 Å². The number of halogens is 1. The number of rotatable bonds is 3. The zero-order valence-electron chi connectivity index (χ0n) is 9.02. The fraction of sp³-hybridized carbons (Fsp3) is 0.273. The highest BCUT2D eigenvalue weighted by atomic mass is 19.1. The summed E-state index contributed by atoms with van der Waals surface area (Å²) in [4.78, 5) is 0. The number of nitrogens with zero attached hydrogens (tertiary/aromatic N) is 3. The molecule has 2 N–H and O–H groups in total. The lowest BCUT2D eigenvalue weighted by Crippen LogP contribution is -2.03. The first-order valence-electron chi connectivity index (χ1n) is 5.05. The molecule has 0 fully saturated rings. The molecule has 0 unspecified atom stereocenters. The Hall–Kier alpha value is -1.91. The summed E-state index contributed by atoms with van der Waals surface area (Å²) < 4.78 is 14.7. The topological polar surface area (TPSA) is 56.7 Å². The summed E-state index contributed by atoms with van der Waals surface area (Å²) in [5.74, 6) is 0.992. The molecule has 2 rings (SSSR count). The highest BCUT2D eigenvalue weighted by molar-refractivity contribution is 5.19. The van der Waals surface area contributed by atoms with Crippen LogP contribution in [0.15, 0.2) is 24.3 Å². The minimum absolute atomic E-state index is 0.213. The van der Waals surface area contributed by atoms with E-state index >= 15 is 0 Å². The highest BCUT2D eigenvalue weighted by Gasteiger charge is 2.05. The van der Waals surface area contributed by atoms with Crippen molar-refractivity contribution in [3.05, 3.63) is 41.5 Å². The Morgan fingerprint density at radius 3 is 2.75 bits per heavy atom. The normalized spacial score (nSPS) is 10.6. The van der Waals surface area contributed by atoms with Crippen LogP contribution in [0.5, 0.6) is 0 Å². The van der Waals surface area contributed by atoms with Gasteiger partial charge in [-0.1, -0.05) is 12.1 Å². The zero-order chi connectivity index (χ0) is 11.5. The zero-order valence-corrected chi connectivity index (χ0v) is 9.02.